The van der Waals surface area contributed by atoms with E-state index >= 15 is 0 Å². The van der Waals surface area contributed by atoms with Crippen LogP contribution in [0, 0.1) is 0 Å². The number of aromatic hydroxyl groups is 1. The van der Waals surface area contributed by atoms with Gasteiger partial charge in [0.2, 0.25) is 0 Å². The van der Waals surface area contributed by atoms with Gasteiger partial charge in [-0.2, -0.15) is 0 Å². The minimum absolute atomic E-state index is 0.126. The molecule has 70 valence electrons. The van der Waals surface area contributed by atoms with Gasteiger partial charge in [0.25, 0.3) is 0 Å². The van der Waals surface area contributed by atoms with Gasteiger partial charge >= 0.3 is 0 Å². The van der Waals surface area contributed by atoms with Crippen molar-refractivity contribution in [2.75, 3.05) is 7.11 Å². The molecule has 0 saturated heterocycles. The largest absolute Gasteiger partial charge is 0.503 e. The summed E-state index contributed by atoms with van der Waals surface area (Å²) in [7, 11) is 1.41. The van der Waals surface area contributed by atoms with E-state index in [1.165, 1.54) is 25.5 Å². The van der Waals surface area contributed by atoms with Crippen LogP contribution in [0.25, 0.3) is 0 Å². The Labute approximate surface area is 80.0 Å². The van der Waals surface area contributed by atoms with Crippen molar-refractivity contribution >= 4 is 17.8 Å². The van der Waals surface area contributed by atoms with E-state index in [9.17, 15) is 5.11 Å². The number of hydrogen-bond acceptors (Lipinski definition) is 4. The molecule has 1 aromatic rings. The Morgan fingerprint density at radius 3 is 2.77 bits per heavy atom. The van der Waals surface area contributed by atoms with Crippen molar-refractivity contribution in [3.63, 3.8) is 0 Å². The first kappa shape index (κ1) is 9.67. The minimum Gasteiger partial charge on any atom is -0.503 e. The van der Waals surface area contributed by atoms with Crippen molar-refractivity contribution < 1.29 is 15.1 Å². The molecule has 0 amide bonds. The van der Waals surface area contributed by atoms with Gasteiger partial charge in [0.15, 0.2) is 11.5 Å². The van der Waals surface area contributed by atoms with Crippen LogP contribution >= 0.6 is 11.6 Å². The summed E-state index contributed by atoms with van der Waals surface area (Å²) in [5.74, 6) is 0.113. The number of ether oxygens (including phenoxy) is 1. The third-order valence-electron chi connectivity index (χ3n) is 1.48. The van der Waals surface area contributed by atoms with Gasteiger partial charge in [-0.1, -0.05) is 16.8 Å². The second kappa shape index (κ2) is 4.00. The van der Waals surface area contributed by atoms with Gasteiger partial charge in [0, 0.05) is 5.56 Å². The fraction of sp³-hybridized carbons (Fsp3) is 0.125. The first-order valence-electron chi connectivity index (χ1n) is 3.43. The number of phenolic OH excluding ortho intramolecular Hbond substituents is 1. The molecule has 0 aliphatic carbocycles. The van der Waals surface area contributed by atoms with E-state index in [-0.39, 0.29) is 16.5 Å². The molecule has 0 bridgehead atoms. The molecule has 5 heteroatoms. The number of oxime groups is 1. The van der Waals surface area contributed by atoms with E-state index in [1.807, 2.05) is 0 Å². The zero-order chi connectivity index (χ0) is 9.84. The van der Waals surface area contributed by atoms with Crippen LogP contribution in [0.1, 0.15) is 5.56 Å². The molecule has 0 heterocycles. The summed E-state index contributed by atoms with van der Waals surface area (Å²) in [6.07, 6.45) is 1.19. The maximum absolute atomic E-state index is 9.33. The molecule has 4 nitrogen and oxygen atoms in total. The third-order valence-corrected chi connectivity index (χ3v) is 1.77. The first-order chi connectivity index (χ1) is 6.19. The van der Waals surface area contributed by atoms with E-state index in [1.54, 1.807) is 0 Å². The van der Waals surface area contributed by atoms with Crippen molar-refractivity contribution in [3.8, 4) is 11.5 Å². The van der Waals surface area contributed by atoms with Crippen LogP contribution in [0.4, 0.5) is 0 Å². The lowest BCUT2D eigenvalue weighted by atomic mass is 10.2. The number of benzene rings is 1. The van der Waals surface area contributed by atoms with Crippen molar-refractivity contribution in [1.29, 1.82) is 0 Å². The Balaban J connectivity index is 3.21. The highest BCUT2D eigenvalue weighted by Gasteiger charge is 2.07. The van der Waals surface area contributed by atoms with Crippen LogP contribution in [0.3, 0.4) is 0 Å². The van der Waals surface area contributed by atoms with Crippen molar-refractivity contribution in [2.24, 2.45) is 5.16 Å². The van der Waals surface area contributed by atoms with Crippen LogP contribution < -0.4 is 4.74 Å². The Morgan fingerprint density at radius 2 is 2.23 bits per heavy atom. The highest BCUT2D eigenvalue weighted by Crippen LogP contribution is 2.34. The minimum atomic E-state index is -0.126. The zero-order valence-corrected chi connectivity index (χ0v) is 7.62. The van der Waals surface area contributed by atoms with Crippen LogP contribution in [0.5, 0.6) is 11.5 Å². The predicted octanol–water partition coefficient (Wildman–Crippen LogP) is 1.86. The van der Waals surface area contributed by atoms with Crippen LogP contribution in [-0.2, 0) is 0 Å². The van der Waals surface area contributed by atoms with Crippen molar-refractivity contribution in [1.82, 2.24) is 0 Å². The summed E-state index contributed by atoms with van der Waals surface area (Å²) in [6.45, 7) is 0. The Morgan fingerprint density at radius 1 is 1.54 bits per heavy atom. The monoisotopic (exact) mass is 201 g/mol. The molecule has 13 heavy (non-hydrogen) atoms. The Kier molecular flexibility index (Phi) is 2.97. The van der Waals surface area contributed by atoms with Crippen molar-refractivity contribution in [3.05, 3.63) is 22.7 Å². The molecule has 1 rings (SSSR count). The first-order valence-corrected chi connectivity index (χ1v) is 3.80. The van der Waals surface area contributed by atoms with Gasteiger partial charge in [-0.3, -0.25) is 0 Å². The predicted molar refractivity (Wildman–Crippen MR) is 49.0 cm³/mol. The van der Waals surface area contributed by atoms with Gasteiger partial charge in [0.05, 0.1) is 18.3 Å². The summed E-state index contributed by atoms with van der Waals surface area (Å²) >= 11 is 5.66. The van der Waals surface area contributed by atoms with Gasteiger partial charge in [-0.25, -0.2) is 0 Å². The van der Waals surface area contributed by atoms with Gasteiger partial charge in [-0.05, 0) is 12.1 Å². The smallest absolute Gasteiger partial charge is 0.176 e. The van der Waals surface area contributed by atoms with E-state index in [2.05, 4.69) is 5.16 Å². The fourth-order valence-electron chi connectivity index (χ4n) is 0.891. The van der Waals surface area contributed by atoms with Gasteiger partial charge in [-0.15, -0.1) is 0 Å². The van der Waals surface area contributed by atoms with E-state index in [0.29, 0.717) is 5.56 Å². The van der Waals surface area contributed by atoms with Crippen molar-refractivity contribution in [2.45, 2.75) is 0 Å². The normalized spacial score (nSPS) is 10.6. The lowest BCUT2D eigenvalue weighted by Gasteiger charge is -2.05. The highest BCUT2D eigenvalue weighted by atomic mass is 35.5. The van der Waals surface area contributed by atoms with Crippen LogP contribution in [-0.4, -0.2) is 23.6 Å². The molecule has 1 aromatic carbocycles. The SMILES string of the molecule is COc1cc(/C=N\O)cc(Cl)c1O. The number of methoxy groups -OCH3 is 1. The lowest BCUT2D eigenvalue weighted by Crippen LogP contribution is -1.88. The molecule has 2 N–H and O–H groups in total. The number of nitrogens with zero attached hydrogens (tertiary/aromatic N) is 1. The summed E-state index contributed by atoms with van der Waals surface area (Å²) in [5.41, 5.74) is 0.544. The number of phenols is 1. The topological polar surface area (TPSA) is 62.0 Å². The quantitative estimate of drug-likeness (QED) is 0.436. The molecule has 0 aliphatic rings. The second-order valence-electron chi connectivity index (χ2n) is 2.30. The molecule has 0 atom stereocenters. The molecule has 0 saturated carbocycles. The molecular weight excluding hydrogens is 194 g/mol. The summed E-state index contributed by atoms with van der Waals surface area (Å²) in [4.78, 5) is 0. The Bertz CT molecular complexity index is 338. The summed E-state index contributed by atoms with van der Waals surface area (Å²) < 4.78 is 4.84. The number of halogens is 1. The van der Waals surface area contributed by atoms with Gasteiger partial charge in [0.1, 0.15) is 0 Å². The average molecular weight is 202 g/mol. The fourth-order valence-corrected chi connectivity index (χ4v) is 1.11. The molecule has 0 unspecified atom stereocenters. The van der Waals surface area contributed by atoms with Crippen LogP contribution in [0.2, 0.25) is 5.02 Å². The summed E-state index contributed by atoms with van der Waals surface area (Å²) in [5, 5.41) is 20.6. The lowest BCUT2D eigenvalue weighted by molar-refractivity contribution is 0.322. The molecule has 0 aromatic heterocycles. The molecule has 0 aliphatic heterocycles. The number of hydrogen-bond donors (Lipinski definition) is 2. The zero-order valence-electron chi connectivity index (χ0n) is 6.86. The van der Waals surface area contributed by atoms with E-state index in [4.69, 9.17) is 21.5 Å². The van der Waals surface area contributed by atoms with Crippen LogP contribution in [0.15, 0.2) is 17.3 Å². The summed E-state index contributed by atoms with van der Waals surface area (Å²) in [6, 6.07) is 2.96. The number of rotatable bonds is 2. The second-order valence-corrected chi connectivity index (χ2v) is 2.71. The molecule has 0 fully saturated rings. The third kappa shape index (κ3) is 2.03. The maximum atomic E-state index is 9.33. The average Bonchev–Trinajstić information content (AvgIpc) is 2.11. The molecule has 0 spiro atoms. The molecule has 0 radical (unpaired) electrons. The van der Waals surface area contributed by atoms with Gasteiger partial charge < -0.3 is 15.1 Å². The maximum Gasteiger partial charge on any atom is 0.176 e. The molecular formula is C8H8ClNO3. The van der Waals surface area contributed by atoms with E-state index < -0.39 is 0 Å². The Hall–Kier alpha value is -1.42. The van der Waals surface area contributed by atoms with E-state index in [0.717, 1.165) is 0 Å². The standard InChI is InChI=1S/C8H8ClNO3/c1-13-7-3-5(4-10-12)2-6(9)8(7)11/h2-4,11-12H,1H3/b10-4-. The highest BCUT2D eigenvalue weighted by molar-refractivity contribution is 6.32.